The van der Waals surface area contributed by atoms with Crippen LogP contribution in [0.15, 0.2) is 24.7 Å². The summed E-state index contributed by atoms with van der Waals surface area (Å²) in [6.07, 6.45) is 5.05. The topological polar surface area (TPSA) is 80.0 Å². The summed E-state index contributed by atoms with van der Waals surface area (Å²) >= 11 is 0. The Kier molecular flexibility index (Phi) is 3.50. The average Bonchev–Trinajstić information content (AvgIpc) is 2.77. The van der Waals surface area contributed by atoms with Crippen LogP contribution in [0.1, 0.15) is 35.8 Å². The molecule has 100 valence electrons. The Balaban J connectivity index is 2.32. The van der Waals surface area contributed by atoms with Gasteiger partial charge >= 0.3 is 5.97 Å². The molecule has 0 aliphatic rings. The van der Waals surface area contributed by atoms with Gasteiger partial charge in [-0.05, 0) is 32.4 Å². The molecule has 0 aliphatic heterocycles. The van der Waals surface area contributed by atoms with Gasteiger partial charge in [0.1, 0.15) is 11.4 Å². The molecule has 6 heteroatoms. The van der Waals surface area contributed by atoms with Crippen LogP contribution >= 0.6 is 0 Å². The number of rotatable bonds is 4. The van der Waals surface area contributed by atoms with Gasteiger partial charge in [-0.15, -0.1) is 0 Å². The van der Waals surface area contributed by atoms with Crippen LogP contribution < -0.4 is 5.32 Å². The molecule has 6 nitrogen and oxygen atoms in total. The van der Waals surface area contributed by atoms with Gasteiger partial charge in [-0.1, -0.05) is 0 Å². The molecule has 0 fully saturated rings. The van der Waals surface area contributed by atoms with Crippen molar-refractivity contribution >= 4 is 17.5 Å². The molecule has 19 heavy (non-hydrogen) atoms. The van der Waals surface area contributed by atoms with E-state index in [9.17, 15) is 9.90 Å². The quantitative estimate of drug-likeness (QED) is 0.883. The van der Waals surface area contributed by atoms with Crippen LogP contribution in [0.3, 0.4) is 0 Å². The van der Waals surface area contributed by atoms with E-state index >= 15 is 0 Å². The van der Waals surface area contributed by atoms with Crippen LogP contribution in [-0.2, 0) is 0 Å². The molecule has 0 atom stereocenters. The molecule has 0 radical (unpaired) electrons. The van der Waals surface area contributed by atoms with Gasteiger partial charge < -0.3 is 10.4 Å². The van der Waals surface area contributed by atoms with Crippen molar-refractivity contribution in [1.82, 2.24) is 14.8 Å². The van der Waals surface area contributed by atoms with Crippen molar-refractivity contribution in [2.75, 3.05) is 5.32 Å². The SMILES string of the molecule is Cc1ccnc(Nc2cnn(C(C)C)c2)c1C(=O)O. The fraction of sp³-hybridized carbons (Fsp3) is 0.308. The lowest BCUT2D eigenvalue weighted by molar-refractivity contribution is 0.0697. The van der Waals surface area contributed by atoms with Gasteiger partial charge in [0.2, 0.25) is 0 Å². The van der Waals surface area contributed by atoms with Crippen molar-refractivity contribution in [3.05, 3.63) is 35.8 Å². The summed E-state index contributed by atoms with van der Waals surface area (Å²) in [6, 6.07) is 1.92. The molecule has 2 heterocycles. The largest absolute Gasteiger partial charge is 0.478 e. The number of nitrogens with zero attached hydrogens (tertiary/aromatic N) is 3. The average molecular weight is 260 g/mol. The van der Waals surface area contributed by atoms with Crippen molar-refractivity contribution in [3.63, 3.8) is 0 Å². The summed E-state index contributed by atoms with van der Waals surface area (Å²) < 4.78 is 1.79. The lowest BCUT2D eigenvalue weighted by Crippen LogP contribution is -2.07. The number of hydrogen-bond acceptors (Lipinski definition) is 4. The molecule has 0 saturated heterocycles. The van der Waals surface area contributed by atoms with Crippen molar-refractivity contribution < 1.29 is 9.90 Å². The monoisotopic (exact) mass is 260 g/mol. The number of pyridine rings is 1. The maximum Gasteiger partial charge on any atom is 0.339 e. The molecule has 2 aromatic heterocycles. The molecular formula is C13H16N4O2. The summed E-state index contributed by atoms with van der Waals surface area (Å²) in [6.45, 7) is 5.78. The zero-order valence-electron chi connectivity index (χ0n) is 11.1. The number of carboxylic acids is 1. The van der Waals surface area contributed by atoms with Crippen LogP contribution in [0.2, 0.25) is 0 Å². The van der Waals surface area contributed by atoms with Gasteiger partial charge in [0.05, 0.1) is 11.9 Å². The Bertz CT molecular complexity index is 604. The first-order valence-corrected chi connectivity index (χ1v) is 5.99. The highest BCUT2D eigenvalue weighted by Crippen LogP contribution is 2.21. The molecule has 0 spiro atoms. The minimum absolute atomic E-state index is 0.180. The first kappa shape index (κ1) is 13.1. The van der Waals surface area contributed by atoms with Gasteiger partial charge in [-0.25, -0.2) is 9.78 Å². The number of carbonyl (C=O) groups is 1. The van der Waals surface area contributed by atoms with Gasteiger partial charge in [0.25, 0.3) is 0 Å². The first-order chi connectivity index (χ1) is 8.99. The second kappa shape index (κ2) is 5.09. The van der Waals surface area contributed by atoms with E-state index in [0.29, 0.717) is 17.1 Å². The summed E-state index contributed by atoms with van der Waals surface area (Å²) in [5, 5.41) is 16.4. The number of aryl methyl sites for hydroxylation is 1. The molecular weight excluding hydrogens is 244 g/mol. The minimum Gasteiger partial charge on any atom is -0.478 e. The van der Waals surface area contributed by atoms with Gasteiger partial charge in [0, 0.05) is 18.4 Å². The van der Waals surface area contributed by atoms with E-state index in [-0.39, 0.29) is 11.6 Å². The maximum atomic E-state index is 11.2. The Labute approximate surface area is 111 Å². The highest BCUT2D eigenvalue weighted by molar-refractivity contribution is 5.95. The number of nitrogens with one attached hydrogen (secondary N) is 1. The number of aromatic carboxylic acids is 1. The van der Waals surface area contributed by atoms with E-state index in [1.165, 1.54) is 0 Å². The molecule has 0 amide bonds. The fourth-order valence-corrected chi connectivity index (χ4v) is 1.74. The third-order valence-electron chi connectivity index (χ3n) is 2.77. The molecule has 0 unspecified atom stereocenters. The van der Waals surface area contributed by atoms with Crippen LogP contribution in [0.25, 0.3) is 0 Å². The number of aromatic nitrogens is 3. The highest BCUT2D eigenvalue weighted by Gasteiger charge is 2.15. The molecule has 2 aromatic rings. The molecule has 0 saturated carbocycles. The summed E-state index contributed by atoms with van der Waals surface area (Å²) in [7, 11) is 0. The zero-order chi connectivity index (χ0) is 14.0. The molecule has 2 rings (SSSR count). The predicted octanol–water partition coefficient (Wildman–Crippen LogP) is 2.61. The lowest BCUT2D eigenvalue weighted by atomic mass is 10.1. The van der Waals surface area contributed by atoms with E-state index in [1.807, 2.05) is 20.0 Å². The third-order valence-corrected chi connectivity index (χ3v) is 2.77. The molecule has 0 aromatic carbocycles. The van der Waals surface area contributed by atoms with Gasteiger partial charge in [0.15, 0.2) is 0 Å². The number of anilines is 2. The van der Waals surface area contributed by atoms with Crippen molar-refractivity contribution in [1.29, 1.82) is 0 Å². The van der Waals surface area contributed by atoms with Crippen LogP contribution in [-0.4, -0.2) is 25.8 Å². The Hall–Kier alpha value is -2.37. The minimum atomic E-state index is -0.996. The van der Waals surface area contributed by atoms with Gasteiger partial charge in [-0.2, -0.15) is 5.10 Å². The van der Waals surface area contributed by atoms with Crippen LogP contribution in [0.4, 0.5) is 11.5 Å². The van der Waals surface area contributed by atoms with Crippen molar-refractivity contribution in [3.8, 4) is 0 Å². The normalized spacial score (nSPS) is 10.7. The van der Waals surface area contributed by atoms with E-state index in [2.05, 4.69) is 15.4 Å². The van der Waals surface area contributed by atoms with E-state index < -0.39 is 5.97 Å². The molecule has 2 N–H and O–H groups in total. The molecule has 0 aliphatic carbocycles. The third kappa shape index (κ3) is 2.73. The fourth-order valence-electron chi connectivity index (χ4n) is 1.74. The second-order valence-corrected chi connectivity index (χ2v) is 4.58. The molecule has 0 bridgehead atoms. The van der Waals surface area contributed by atoms with Gasteiger partial charge in [-0.3, -0.25) is 4.68 Å². The van der Waals surface area contributed by atoms with E-state index in [4.69, 9.17) is 0 Å². The Morgan fingerprint density at radius 1 is 1.47 bits per heavy atom. The summed E-state index contributed by atoms with van der Waals surface area (Å²) in [5.74, 6) is -0.667. The standard InChI is InChI=1S/C13H16N4O2/c1-8(2)17-7-10(6-15-17)16-12-11(13(18)19)9(3)4-5-14-12/h4-8H,1-3H3,(H,14,16)(H,18,19). The van der Waals surface area contributed by atoms with Crippen LogP contribution in [0.5, 0.6) is 0 Å². The zero-order valence-corrected chi connectivity index (χ0v) is 11.1. The van der Waals surface area contributed by atoms with Crippen LogP contribution in [0, 0.1) is 6.92 Å². The van der Waals surface area contributed by atoms with Crippen molar-refractivity contribution in [2.24, 2.45) is 0 Å². The Morgan fingerprint density at radius 2 is 2.21 bits per heavy atom. The van der Waals surface area contributed by atoms with E-state index in [1.54, 1.807) is 30.1 Å². The predicted molar refractivity (Wildman–Crippen MR) is 71.8 cm³/mol. The van der Waals surface area contributed by atoms with Crippen molar-refractivity contribution in [2.45, 2.75) is 26.8 Å². The second-order valence-electron chi connectivity index (χ2n) is 4.58. The number of carboxylic acid groups (broad SMARTS) is 1. The number of hydrogen-bond donors (Lipinski definition) is 2. The summed E-state index contributed by atoms with van der Waals surface area (Å²) in [4.78, 5) is 15.3. The Morgan fingerprint density at radius 3 is 2.79 bits per heavy atom. The smallest absolute Gasteiger partial charge is 0.339 e. The summed E-state index contributed by atoms with van der Waals surface area (Å²) in [5.41, 5.74) is 1.57. The maximum absolute atomic E-state index is 11.2. The van der Waals surface area contributed by atoms with E-state index in [0.717, 1.165) is 0 Å². The lowest BCUT2D eigenvalue weighted by Gasteiger charge is -2.08. The first-order valence-electron chi connectivity index (χ1n) is 5.99. The highest BCUT2D eigenvalue weighted by atomic mass is 16.4.